The number of furan rings is 1. The molecule has 0 amide bonds. The fourth-order valence-electron chi connectivity index (χ4n) is 1.52. The van der Waals surface area contributed by atoms with Gasteiger partial charge in [0.05, 0.1) is 23.7 Å². The molecule has 1 aromatic carbocycles. The molecular weight excluding hydrogens is 231 g/mol. The molecule has 1 atom stereocenters. The fourth-order valence-corrected chi connectivity index (χ4v) is 1.70. The minimum atomic E-state index is -0.920. The van der Waals surface area contributed by atoms with Gasteiger partial charge >= 0.3 is 0 Å². The van der Waals surface area contributed by atoms with Crippen molar-refractivity contribution in [1.82, 2.24) is 0 Å². The zero-order valence-corrected chi connectivity index (χ0v) is 9.12. The largest absolute Gasteiger partial charge is 0.472 e. The van der Waals surface area contributed by atoms with Gasteiger partial charge in [0, 0.05) is 12.0 Å². The Hall–Kier alpha value is -1.32. The number of aliphatic hydroxyl groups excluding tert-OH is 1. The minimum Gasteiger partial charge on any atom is -0.472 e. The molecule has 2 rings (SSSR count). The Morgan fingerprint density at radius 2 is 2.19 bits per heavy atom. The molecule has 1 heterocycles. The highest BCUT2D eigenvalue weighted by molar-refractivity contribution is 6.30. The van der Waals surface area contributed by atoms with E-state index >= 15 is 0 Å². The van der Waals surface area contributed by atoms with Crippen LogP contribution in [-0.2, 0) is 6.42 Å². The highest BCUT2D eigenvalue weighted by Gasteiger charge is 2.15. The molecule has 2 aromatic rings. The summed E-state index contributed by atoms with van der Waals surface area (Å²) in [5.41, 5.74) is 1.01. The molecule has 0 fully saturated rings. The van der Waals surface area contributed by atoms with Gasteiger partial charge in [-0.1, -0.05) is 23.7 Å². The third-order valence-corrected chi connectivity index (χ3v) is 2.64. The number of aliphatic hydroxyl groups is 1. The molecular formula is C12H10ClFO2. The van der Waals surface area contributed by atoms with Gasteiger partial charge in [-0.15, -0.1) is 0 Å². The summed E-state index contributed by atoms with van der Waals surface area (Å²) in [6.07, 6.45) is 2.41. The van der Waals surface area contributed by atoms with Crippen molar-refractivity contribution in [2.24, 2.45) is 0 Å². The minimum absolute atomic E-state index is 0.0174. The maximum absolute atomic E-state index is 13.6. The summed E-state index contributed by atoms with van der Waals surface area (Å²) >= 11 is 5.64. The monoisotopic (exact) mass is 240 g/mol. The van der Waals surface area contributed by atoms with Crippen LogP contribution in [0, 0.1) is 5.82 Å². The van der Waals surface area contributed by atoms with E-state index in [1.165, 1.54) is 24.7 Å². The lowest BCUT2D eigenvalue weighted by Crippen LogP contribution is -2.04. The summed E-state index contributed by atoms with van der Waals surface area (Å²) in [5, 5.41) is 9.87. The van der Waals surface area contributed by atoms with Crippen molar-refractivity contribution < 1.29 is 13.9 Å². The van der Waals surface area contributed by atoms with Gasteiger partial charge in [0.15, 0.2) is 0 Å². The van der Waals surface area contributed by atoms with Crippen molar-refractivity contribution in [2.45, 2.75) is 12.5 Å². The maximum atomic E-state index is 13.6. The second-order valence-corrected chi connectivity index (χ2v) is 3.90. The molecule has 0 bridgehead atoms. The van der Waals surface area contributed by atoms with Crippen LogP contribution in [0.3, 0.4) is 0 Å². The molecule has 16 heavy (non-hydrogen) atoms. The summed E-state index contributed by atoms with van der Waals surface area (Å²) in [6, 6.07) is 6.31. The summed E-state index contributed by atoms with van der Waals surface area (Å²) in [4.78, 5) is 0. The van der Waals surface area contributed by atoms with Crippen LogP contribution in [0.5, 0.6) is 0 Å². The van der Waals surface area contributed by atoms with Crippen molar-refractivity contribution in [3.05, 3.63) is 58.8 Å². The fraction of sp³-hybridized carbons (Fsp3) is 0.167. The molecule has 1 N–H and O–H groups in total. The van der Waals surface area contributed by atoms with E-state index < -0.39 is 11.9 Å². The molecule has 84 valence electrons. The second-order valence-electron chi connectivity index (χ2n) is 3.49. The van der Waals surface area contributed by atoms with Crippen LogP contribution in [0.4, 0.5) is 4.39 Å². The number of rotatable bonds is 3. The molecule has 4 heteroatoms. The summed E-state index contributed by atoms with van der Waals surface area (Å²) in [6.45, 7) is 0. The van der Waals surface area contributed by atoms with Gasteiger partial charge in [-0.25, -0.2) is 4.39 Å². The van der Waals surface area contributed by atoms with E-state index in [2.05, 4.69) is 0 Å². The summed E-state index contributed by atoms with van der Waals surface area (Å²) in [5.74, 6) is -0.569. The van der Waals surface area contributed by atoms with Gasteiger partial charge in [-0.3, -0.25) is 0 Å². The number of benzene rings is 1. The second kappa shape index (κ2) is 4.68. The van der Waals surface area contributed by atoms with Gasteiger partial charge in [0.2, 0.25) is 0 Å². The highest BCUT2D eigenvalue weighted by atomic mass is 35.5. The van der Waals surface area contributed by atoms with E-state index in [-0.39, 0.29) is 10.6 Å². The van der Waals surface area contributed by atoms with Gasteiger partial charge < -0.3 is 9.52 Å². The Morgan fingerprint density at radius 3 is 2.88 bits per heavy atom. The molecule has 0 aliphatic rings. The summed E-state index contributed by atoms with van der Waals surface area (Å²) < 4.78 is 18.4. The highest BCUT2D eigenvalue weighted by Crippen LogP contribution is 2.25. The van der Waals surface area contributed by atoms with Crippen LogP contribution in [0.25, 0.3) is 0 Å². The Balaban J connectivity index is 2.21. The van der Waals surface area contributed by atoms with Gasteiger partial charge in [-0.05, 0) is 17.7 Å². The molecule has 0 aliphatic carbocycles. The van der Waals surface area contributed by atoms with Gasteiger partial charge in [0.25, 0.3) is 0 Å². The van der Waals surface area contributed by atoms with Crippen LogP contribution in [0.2, 0.25) is 5.02 Å². The quantitative estimate of drug-likeness (QED) is 0.893. The molecule has 0 saturated heterocycles. The smallest absolute Gasteiger partial charge is 0.147 e. The third kappa shape index (κ3) is 2.26. The zero-order valence-electron chi connectivity index (χ0n) is 8.36. The SMILES string of the molecule is OC(Cc1ccoc1)c1cccc(Cl)c1F. The van der Waals surface area contributed by atoms with E-state index in [0.717, 1.165) is 5.56 Å². The third-order valence-electron chi connectivity index (χ3n) is 2.35. The van der Waals surface area contributed by atoms with E-state index in [4.69, 9.17) is 16.0 Å². The van der Waals surface area contributed by atoms with Crippen LogP contribution in [-0.4, -0.2) is 5.11 Å². The predicted molar refractivity (Wildman–Crippen MR) is 58.8 cm³/mol. The average Bonchev–Trinajstić information content (AvgIpc) is 2.74. The van der Waals surface area contributed by atoms with Crippen LogP contribution in [0.1, 0.15) is 17.2 Å². The van der Waals surface area contributed by atoms with Crippen molar-refractivity contribution in [2.75, 3.05) is 0 Å². The number of halogens is 2. The topological polar surface area (TPSA) is 33.4 Å². The molecule has 0 aliphatic heterocycles. The standard InChI is InChI=1S/C12H10ClFO2/c13-10-3-1-2-9(12(10)14)11(15)6-8-4-5-16-7-8/h1-5,7,11,15H,6H2. The van der Waals surface area contributed by atoms with Gasteiger partial charge in [-0.2, -0.15) is 0 Å². The van der Waals surface area contributed by atoms with Crippen LogP contribution < -0.4 is 0 Å². The Labute approximate surface area is 97.3 Å². The van der Waals surface area contributed by atoms with Crippen LogP contribution >= 0.6 is 11.6 Å². The lowest BCUT2D eigenvalue weighted by molar-refractivity contribution is 0.173. The van der Waals surface area contributed by atoms with Gasteiger partial charge in [0.1, 0.15) is 5.82 Å². The van der Waals surface area contributed by atoms with Crippen molar-refractivity contribution in [3.8, 4) is 0 Å². The Kier molecular flexibility index (Phi) is 3.27. The normalized spacial score (nSPS) is 12.7. The molecule has 0 radical (unpaired) electrons. The molecule has 2 nitrogen and oxygen atoms in total. The van der Waals surface area contributed by atoms with Crippen molar-refractivity contribution in [1.29, 1.82) is 0 Å². The first-order valence-electron chi connectivity index (χ1n) is 4.81. The predicted octanol–water partition coefficient (Wildman–Crippen LogP) is 3.35. The average molecular weight is 241 g/mol. The molecule has 1 aromatic heterocycles. The molecule has 0 spiro atoms. The molecule has 1 unspecified atom stereocenters. The van der Waals surface area contributed by atoms with E-state index in [0.29, 0.717) is 6.42 Å². The zero-order chi connectivity index (χ0) is 11.5. The first-order chi connectivity index (χ1) is 7.68. The first kappa shape index (κ1) is 11.2. The van der Waals surface area contributed by atoms with E-state index in [9.17, 15) is 9.50 Å². The molecule has 0 saturated carbocycles. The van der Waals surface area contributed by atoms with Crippen molar-refractivity contribution in [3.63, 3.8) is 0 Å². The lowest BCUT2D eigenvalue weighted by atomic mass is 10.0. The van der Waals surface area contributed by atoms with E-state index in [1.807, 2.05) is 0 Å². The lowest BCUT2D eigenvalue weighted by Gasteiger charge is -2.11. The summed E-state index contributed by atoms with van der Waals surface area (Å²) in [7, 11) is 0. The number of hydrogen-bond donors (Lipinski definition) is 1. The number of hydrogen-bond acceptors (Lipinski definition) is 2. The first-order valence-corrected chi connectivity index (χ1v) is 5.19. The Morgan fingerprint density at radius 1 is 1.38 bits per heavy atom. The Bertz CT molecular complexity index is 468. The van der Waals surface area contributed by atoms with Crippen molar-refractivity contribution >= 4 is 11.6 Å². The maximum Gasteiger partial charge on any atom is 0.147 e. The van der Waals surface area contributed by atoms with Crippen LogP contribution in [0.15, 0.2) is 41.2 Å². The van der Waals surface area contributed by atoms with E-state index in [1.54, 1.807) is 12.1 Å².